The molecule has 128 valence electrons. The molecule has 2 heterocycles. The van der Waals surface area contributed by atoms with Crippen LogP contribution >= 0.6 is 0 Å². The molecule has 0 spiro atoms. The van der Waals surface area contributed by atoms with E-state index in [1.54, 1.807) is 4.68 Å². The van der Waals surface area contributed by atoms with Crippen LogP contribution in [0, 0.1) is 0 Å². The van der Waals surface area contributed by atoms with Gasteiger partial charge in [0.15, 0.2) is 0 Å². The Labute approximate surface area is 143 Å². The zero-order chi connectivity index (χ0) is 17.1. The fourth-order valence-electron chi connectivity index (χ4n) is 3.48. The summed E-state index contributed by atoms with van der Waals surface area (Å²) in [7, 11) is 1.89. The molecule has 5 heteroatoms. The largest absolute Gasteiger partial charge is 0.369 e. The molecule has 0 unspecified atom stereocenters. The van der Waals surface area contributed by atoms with Gasteiger partial charge in [-0.2, -0.15) is 5.10 Å². The molecule has 5 nitrogen and oxygen atoms in total. The van der Waals surface area contributed by atoms with Crippen molar-refractivity contribution < 1.29 is 9.53 Å². The number of carbonyl (C=O) groups is 1. The Balaban J connectivity index is 1.69. The predicted octanol–water partition coefficient (Wildman–Crippen LogP) is 2.73. The molecule has 0 radical (unpaired) electrons. The van der Waals surface area contributed by atoms with Crippen LogP contribution in [0.15, 0.2) is 42.7 Å². The van der Waals surface area contributed by atoms with Crippen LogP contribution in [0.5, 0.6) is 0 Å². The molecule has 1 aliphatic rings. The Morgan fingerprint density at radius 3 is 2.71 bits per heavy atom. The lowest BCUT2D eigenvalue weighted by Crippen LogP contribution is -2.53. The van der Waals surface area contributed by atoms with Crippen molar-refractivity contribution in [3.8, 4) is 0 Å². The molecule has 3 rings (SSSR count). The minimum atomic E-state index is -0.0651. The summed E-state index contributed by atoms with van der Waals surface area (Å²) in [5, 5.41) is 4.16. The summed E-state index contributed by atoms with van der Waals surface area (Å²) in [6, 6.07) is 10.3. The van der Waals surface area contributed by atoms with Crippen LogP contribution in [0.3, 0.4) is 0 Å². The van der Waals surface area contributed by atoms with Crippen LogP contribution in [0.1, 0.15) is 37.5 Å². The molecule has 24 heavy (non-hydrogen) atoms. The lowest BCUT2D eigenvalue weighted by molar-refractivity contribution is -0.153. The normalized spacial score (nSPS) is 24.1. The summed E-state index contributed by atoms with van der Waals surface area (Å²) >= 11 is 0. The zero-order valence-electron chi connectivity index (χ0n) is 14.6. The number of ether oxygens (including phenoxy) is 1. The smallest absolute Gasteiger partial charge is 0.223 e. The third-order valence-corrected chi connectivity index (χ3v) is 4.67. The van der Waals surface area contributed by atoms with Gasteiger partial charge in [0.1, 0.15) is 6.10 Å². The number of rotatable bonds is 4. The van der Waals surface area contributed by atoms with E-state index in [-0.39, 0.29) is 24.1 Å². The van der Waals surface area contributed by atoms with E-state index in [1.807, 2.05) is 42.5 Å². The van der Waals surface area contributed by atoms with E-state index in [0.29, 0.717) is 13.0 Å². The van der Waals surface area contributed by atoms with Gasteiger partial charge in [0, 0.05) is 19.7 Å². The monoisotopic (exact) mass is 327 g/mol. The highest BCUT2D eigenvalue weighted by atomic mass is 16.5. The molecule has 1 aliphatic heterocycles. The van der Waals surface area contributed by atoms with Gasteiger partial charge in [-0.25, -0.2) is 0 Å². The summed E-state index contributed by atoms with van der Waals surface area (Å²) in [6.07, 6.45) is 4.95. The second-order valence-corrected chi connectivity index (χ2v) is 6.58. The second-order valence-electron chi connectivity index (χ2n) is 6.58. The third-order valence-electron chi connectivity index (χ3n) is 4.67. The van der Waals surface area contributed by atoms with Crippen LogP contribution < -0.4 is 0 Å². The summed E-state index contributed by atoms with van der Waals surface area (Å²) < 4.78 is 7.80. The Kier molecular flexibility index (Phi) is 5.00. The van der Waals surface area contributed by atoms with Gasteiger partial charge in [-0.05, 0) is 31.4 Å². The maximum Gasteiger partial charge on any atom is 0.223 e. The van der Waals surface area contributed by atoms with Crippen LogP contribution in [0.2, 0.25) is 0 Å². The van der Waals surface area contributed by atoms with Gasteiger partial charge in [0.05, 0.1) is 24.9 Å². The highest BCUT2D eigenvalue weighted by molar-refractivity contribution is 5.77. The topological polar surface area (TPSA) is 47.4 Å². The highest BCUT2D eigenvalue weighted by Gasteiger charge is 2.36. The fourth-order valence-corrected chi connectivity index (χ4v) is 3.48. The SMILES string of the molecule is C[C@@H]1CO[C@H](c2ccccc2)[C@@H](C)N1C(=O)CCc1cnn(C)c1. The van der Waals surface area contributed by atoms with Crippen molar-refractivity contribution in [1.29, 1.82) is 0 Å². The predicted molar refractivity (Wildman–Crippen MR) is 92.4 cm³/mol. The van der Waals surface area contributed by atoms with Gasteiger partial charge in [-0.3, -0.25) is 9.48 Å². The molecule has 0 aliphatic carbocycles. The molecular formula is C19H25N3O2. The van der Waals surface area contributed by atoms with Crippen LogP contribution in [0.4, 0.5) is 0 Å². The third kappa shape index (κ3) is 3.51. The van der Waals surface area contributed by atoms with E-state index < -0.39 is 0 Å². The molecule has 1 aromatic heterocycles. The first kappa shape index (κ1) is 16.7. The molecule has 1 saturated heterocycles. The van der Waals surface area contributed by atoms with Crippen molar-refractivity contribution in [2.24, 2.45) is 7.05 Å². The Bertz CT molecular complexity index is 683. The first-order valence-corrected chi connectivity index (χ1v) is 8.51. The minimum Gasteiger partial charge on any atom is -0.369 e. The number of aryl methyl sites for hydroxylation is 2. The molecule has 1 aromatic carbocycles. The number of morpholine rings is 1. The van der Waals surface area contributed by atoms with Crippen LogP contribution in [-0.4, -0.2) is 39.3 Å². The summed E-state index contributed by atoms with van der Waals surface area (Å²) in [5.74, 6) is 0.183. The number of amides is 1. The number of benzene rings is 1. The van der Waals surface area contributed by atoms with Gasteiger partial charge < -0.3 is 9.64 Å². The molecule has 0 saturated carbocycles. The van der Waals surface area contributed by atoms with Gasteiger partial charge in [-0.1, -0.05) is 30.3 Å². The molecule has 1 fully saturated rings. The summed E-state index contributed by atoms with van der Waals surface area (Å²) in [4.78, 5) is 14.8. The molecule has 0 bridgehead atoms. The number of hydrogen-bond acceptors (Lipinski definition) is 3. The number of aromatic nitrogens is 2. The first-order valence-electron chi connectivity index (χ1n) is 8.51. The molecular weight excluding hydrogens is 302 g/mol. The van der Waals surface area contributed by atoms with Gasteiger partial charge in [0.25, 0.3) is 0 Å². The molecule has 3 atom stereocenters. The van der Waals surface area contributed by atoms with Crippen LogP contribution in [0.25, 0.3) is 0 Å². The average molecular weight is 327 g/mol. The van der Waals surface area contributed by atoms with Crippen molar-refractivity contribution >= 4 is 5.91 Å². The number of nitrogens with zero attached hydrogens (tertiary/aromatic N) is 3. The molecule has 2 aromatic rings. The van der Waals surface area contributed by atoms with Gasteiger partial charge in [0.2, 0.25) is 5.91 Å². The van der Waals surface area contributed by atoms with E-state index >= 15 is 0 Å². The van der Waals surface area contributed by atoms with Crippen LogP contribution in [-0.2, 0) is 23.0 Å². The average Bonchev–Trinajstić information content (AvgIpc) is 2.99. The van der Waals surface area contributed by atoms with Crippen molar-refractivity contribution in [3.63, 3.8) is 0 Å². The van der Waals surface area contributed by atoms with Crippen molar-refractivity contribution in [3.05, 3.63) is 53.9 Å². The maximum absolute atomic E-state index is 12.8. The lowest BCUT2D eigenvalue weighted by atomic mass is 9.98. The second kappa shape index (κ2) is 7.18. The Morgan fingerprint density at radius 2 is 2.04 bits per heavy atom. The number of carbonyl (C=O) groups excluding carboxylic acids is 1. The molecule has 0 N–H and O–H groups in total. The Morgan fingerprint density at radius 1 is 1.29 bits per heavy atom. The lowest BCUT2D eigenvalue weighted by Gasteiger charge is -2.44. The summed E-state index contributed by atoms with van der Waals surface area (Å²) in [6.45, 7) is 4.71. The summed E-state index contributed by atoms with van der Waals surface area (Å²) in [5.41, 5.74) is 2.22. The fraction of sp³-hybridized carbons (Fsp3) is 0.474. The quantitative estimate of drug-likeness (QED) is 0.867. The van der Waals surface area contributed by atoms with Crippen molar-refractivity contribution in [2.45, 2.75) is 44.9 Å². The molecule has 1 amide bonds. The van der Waals surface area contributed by atoms with E-state index in [9.17, 15) is 4.79 Å². The van der Waals surface area contributed by atoms with Crippen molar-refractivity contribution in [1.82, 2.24) is 14.7 Å². The van der Waals surface area contributed by atoms with E-state index in [4.69, 9.17) is 4.74 Å². The van der Waals surface area contributed by atoms with Gasteiger partial charge in [-0.15, -0.1) is 0 Å². The van der Waals surface area contributed by atoms with Gasteiger partial charge >= 0.3 is 0 Å². The highest BCUT2D eigenvalue weighted by Crippen LogP contribution is 2.31. The Hall–Kier alpha value is -2.14. The van der Waals surface area contributed by atoms with E-state index in [1.165, 1.54) is 0 Å². The minimum absolute atomic E-state index is 0.0255. The zero-order valence-corrected chi connectivity index (χ0v) is 14.6. The van der Waals surface area contributed by atoms with E-state index in [2.05, 4.69) is 31.1 Å². The standard InChI is InChI=1S/C19H25N3O2/c1-14-13-24-19(17-7-5-4-6-8-17)15(2)22(14)18(23)10-9-16-11-20-21(3)12-16/h4-8,11-12,14-15,19H,9-10,13H2,1-3H3/t14-,15-,19+/m1/s1. The van der Waals surface area contributed by atoms with Crippen molar-refractivity contribution in [2.75, 3.05) is 6.61 Å². The van der Waals surface area contributed by atoms with E-state index in [0.717, 1.165) is 17.5 Å². The maximum atomic E-state index is 12.8. The number of hydrogen-bond donors (Lipinski definition) is 0. The first-order chi connectivity index (χ1) is 11.6.